The molecular formula is C19H23N3O3. The minimum Gasteiger partial charge on any atom is -0.495 e. The Morgan fingerprint density at radius 3 is 2.28 bits per heavy atom. The molecule has 1 N–H and O–H groups in total. The Kier molecular flexibility index (Phi) is 5.64. The van der Waals surface area contributed by atoms with E-state index in [-0.39, 0.29) is 11.8 Å². The summed E-state index contributed by atoms with van der Waals surface area (Å²) in [7, 11) is 8.70. The van der Waals surface area contributed by atoms with E-state index in [1.54, 1.807) is 44.4 Å². The normalized spacial score (nSPS) is 10.1. The van der Waals surface area contributed by atoms with E-state index in [0.717, 1.165) is 5.69 Å². The smallest absolute Gasteiger partial charge is 0.255 e. The van der Waals surface area contributed by atoms with E-state index < -0.39 is 0 Å². The molecule has 2 amide bonds. The number of ether oxygens (including phenoxy) is 1. The van der Waals surface area contributed by atoms with Crippen LogP contribution in [0.2, 0.25) is 0 Å². The maximum absolute atomic E-state index is 12.6. The SMILES string of the molecule is COc1ccc(C(=O)N(C)C)cc1NC(=O)c1cccc(N(C)C)c1. The lowest BCUT2D eigenvalue weighted by Gasteiger charge is -2.16. The van der Waals surface area contributed by atoms with Crippen molar-refractivity contribution in [2.75, 3.05) is 45.5 Å². The Morgan fingerprint density at radius 2 is 1.68 bits per heavy atom. The molecule has 25 heavy (non-hydrogen) atoms. The summed E-state index contributed by atoms with van der Waals surface area (Å²) in [5.74, 6) is 0.0802. The molecule has 6 heteroatoms. The minimum atomic E-state index is -0.267. The highest BCUT2D eigenvalue weighted by Gasteiger charge is 2.15. The van der Waals surface area contributed by atoms with Crippen molar-refractivity contribution in [2.45, 2.75) is 0 Å². The number of amides is 2. The topological polar surface area (TPSA) is 61.9 Å². The van der Waals surface area contributed by atoms with Crippen LogP contribution in [0.4, 0.5) is 11.4 Å². The molecule has 0 radical (unpaired) electrons. The predicted octanol–water partition coefficient (Wildman–Crippen LogP) is 2.72. The molecule has 0 atom stereocenters. The second-order valence-corrected chi connectivity index (χ2v) is 6.01. The van der Waals surface area contributed by atoms with Gasteiger partial charge < -0.3 is 19.9 Å². The fourth-order valence-electron chi connectivity index (χ4n) is 2.32. The van der Waals surface area contributed by atoms with Crippen LogP contribution in [0.1, 0.15) is 20.7 Å². The van der Waals surface area contributed by atoms with Gasteiger partial charge in [-0.1, -0.05) is 6.07 Å². The zero-order valence-corrected chi connectivity index (χ0v) is 15.2. The summed E-state index contributed by atoms with van der Waals surface area (Å²) in [6, 6.07) is 12.3. The van der Waals surface area contributed by atoms with Gasteiger partial charge in [0.05, 0.1) is 12.8 Å². The van der Waals surface area contributed by atoms with Crippen molar-refractivity contribution in [3.63, 3.8) is 0 Å². The number of hydrogen-bond acceptors (Lipinski definition) is 4. The first-order valence-corrected chi connectivity index (χ1v) is 7.82. The average Bonchev–Trinajstić information content (AvgIpc) is 2.60. The van der Waals surface area contributed by atoms with Crippen molar-refractivity contribution in [2.24, 2.45) is 0 Å². The van der Waals surface area contributed by atoms with E-state index >= 15 is 0 Å². The molecule has 0 heterocycles. The molecule has 0 saturated heterocycles. The fourth-order valence-corrected chi connectivity index (χ4v) is 2.32. The second-order valence-electron chi connectivity index (χ2n) is 6.01. The summed E-state index contributed by atoms with van der Waals surface area (Å²) in [5, 5.41) is 2.82. The van der Waals surface area contributed by atoms with Gasteiger partial charge in [-0.3, -0.25) is 9.59 Å². The van der Waals surface area contributed by atoms with Gasteiger partial charge in [-0.2, -0.15) is 0 Å². The molecule has 2 aromatic rings. The van der Waals surface area contributed by atoms with E-state index in [2.05, 4.69) is 5.32 Å². The summed E-state index contributed by atoms with van der Waals surface area (Å²) in [6.45, 7) is 0. The molecule has 2 aromatic carbocycles. The molecule has 0 aliphatic heterocycles. The third-order valence-electron chi connectivity index (χ3n) is 3.73. The standard InChI is InChI=1S/C19H23N3O3/c1-21(2)15-8-6-7-13(11-15)18(23)20-16-12-14(19(24)22(3)4)9-10-17(16)25-5/h6-12H,1-5H3,(H,20,23). The van der Waals surface area contributed by atoms with Crippen LogP contribution in [-0.2, 0) is 0 Å². The van der Waals surface area contributed by atoms with E-state index in [4.69, 9.17) is 4.74 Å². The molecule has 0 aromatic heterocycles. The van der Waals surface area contributed by atoms with Gasteiger partial charge in [0.25, 0.3) is 11.8 Å². The number of methoxy groups -OCH3 is 1. The van der Waals surface area contributed by atoms with Gasteiger partial charge in [0, 0.05) is 45.0 Å². The molecule has 0 spiro atoms. The molecule has 0 fully saturated rings. The molecule has 2 rings (SSSR count). The number of nitrogens with one attached hydrogen (secondary N) is 1. The summed E-state index contributed by atoms with van der Waals surface area (Å²) < 4.78 is 5.29. The van der Waals surface area contributed by atoms with Crippen molar-refractivity contribution >= 4 is 23.2 Å². The average molecular weight is 341 g/mol. The van der Waals surface area contributed by atoms with E-state index in [1.165, 1.54) is 12.0 Å². The first-order valence-electron chi connectivity index (χ1n) is 7.82. The summed E-state index contributed by atoms with van der Waals surface area (Å²) in [6.07, 6.45) is 0. The van der Waals surface area contributed by atoms with Crippen LogP contribution >= 0.6 is 0 Å². The quantitative estimate of drug-likeness (QED) is 0.908. The Hall–Kier alpha value is -3.02. The van der Waals surface area contributed by atoms with Crippen molar-refractivity contribution in [1.29, 1.82) is 0 Å². The van der Waals surface area contributed by atoms with Gasteiger partial charge in [-0.05, 0) is 36.4 Å². The van der Waals surface area contributed by atoms with Gasteiger partial charge in [0.1, 0.15) is 5.75 Å². The maximum Gasteiger partial charge on any atom is 0.255 e. The Morgan fingerprint density at radius 1 is 0.960 bits per heavy atom. The first-order chi connectivity index (χ1) is 11.8. The molecule has 132 valence electrons. The van der Waals surface area contributed by atoms with Gasteiger partial charge in [0.15, 0.2) is 0 Å². The largest absolute Gasteiger partial charge is 0.495 e. The van der Waals surface area contributed by atoms with Crippen molar-refractivity contribution < 1.29 is 14.3 Å². The highest BCUT2D eigenvalue weighted by atomic mass is 16.5. The van der Waals surface area contributed by atoms with Crippen LogP contribution in [0.5, 0.6) is 5.75 Å². The van der Waals surface area contributed by atoms with Gasteiger partial charge in [0.2, 0.25) is 0 Å². The predicted molar refractivity (Wildman–Crippen MR) is 99.7 cm³/mol. The lowest BCUT2D eigenvalue weighted by Crippen LogP contribution is -2.22. The number of benzene rings is 2. The van der Waals surface area contributed by atoms with Crippen molar-refractivity contribution in [3.8, 4) is 5.75 Å². The molecular weight excluding hydrogens is 318 g/mol. The van der Waals surface area contributed by atoms with E-state index in [0.29, 0.717) is 22.6 Å². The molecule has 0 bridgehead atoms. The minimum absolute atomic E-state index is 0.146. The van der Waals surface area contributed by atoms with E-state index in [9.17, 15) is 9.59 Å². The fraction of sp³-hybridized carbons (Fsp3) is 0.263. The van der Waals surface area contributed by atoms with Crippen LogP contribution in [0, 0.1) is 0 Å². The van der Waals surface area contributed by atoms with Crippen LogP contribution in [0.25, 0.3) is 0 Å². The summed E-state index contributed by atoms with van der Waals surface area (Å²) >= 11 is 0. The number of carbonyl (C=O) groups is 2. The summed E-state index contributed by atoms with van der Waals surface area (Å²) in [4.78, 5) is 28.1. The van der Waals surface area contributed by atoms with Crippen LogP contribution in [0.15, 0.2) is 42.5 Å². The van der Waals surface area contributed by atoms with Gasteiger partial charge in [-0.25, -0.2) is 0 Å². The number of nitrogens with zero attached hydrogens (tertiary/aromatic N) is 2. The third-order valence-corrected chi connectivity index (χ3v) is 3.73. The number of rotatable bonds is 5. The Bertz CT molecular complexity index is 785. The van der Waals surface area contributed by atoms with Crippen LogP contribution < -0.4 is 15.0 Å². The zero-order chi connectivity index (χ0) is 18.6. The lowest BCUT2D eigenvalue weighted by molar-refractivity contribution is 0.0827. The second kappa shape index (κ2) is 7.70. The molecule has 0 saturated carbocycles. The third kappa shape index (κ3) is 4.29. The molecule has 6 nitrogen and oxygen atoms in total. The number of hydrogen-bond donors (Lipinski definition) is 1. The molecule has 0 aliphatic carbocycles. The van der Waals surface area contributed by atoms with Crippen molar-refractivity contribution in [3.05, 3.63) is 53.6 Å². The highest BCUT2D eigenvalue weighted by molar-refractivity contribution is 6.06. The van der Waals surface area contributed by atoms with Crippen LogP contribution in [-0.4, -0.2) is 52.0 Å². The number of carbonyl (C=O) groups excluding carboxylic acids is 2. The Balaban J connectivity index is 2.32. The van der Waals surface area contributed by atoms with Crippen molar-refractivity contribution in [1.82, 2.24) is 4.90 Å². The van der Waals surface area contributed by atoms with Gasteiger partial charge >= 0.3 is 0 Å². The maximum atomic E-state index is 12.6. The molecule has 0 unspecified atom stereocenters. The van der Waals surface area contributed by atoms with Crippen LogP contribution in [0.3, 0.4) is 0 Å². The highest BCUT2D eigenvalue weighted by Crippen LogP contribution is 2.27. The first kappa shape index (κ1) is 18.3. The summed E-state index contributed by atoms with van der Waals surface area (Å²) in [5.41, 5.74) is 2.38. The van der Waals surface area contributed by atoms with Gasteiger partial charge in [-0.15, -0.1) is 0 Å². The van der Waals surface area contributed by atoms with E-state index in [1.807, 2.05) is 31.1 Å². The lowest BCUT2D eigenvalue weighted by atomic mass is 10.1. The molecule has 0 aliphatic rings. The monoisotopic (exact) mass is 341 g/mol. The number of anilines is 2. The Labute approximate surface area is 148 Å². The zero-order valence-electron chi connectivity index (χ0n) is 15.2.